The molecule has 1 aliphatic heterocycles. The van der Waals surface area contributed by atoms with Crippen LogP contribution in [0.5, 0.6) is 5.75 Å². The Kier molecular flexibility index (Phi) is 6.34. The Morgan fingerprint density at radius 3 is 2.68 bits per heavy atom. The number of hydrogen-bond donors (Lipinski definition) is 1. The second-order valence-electron chi connectivity index (χ2n) is 7.24. The van der Waals surface area contributed by atoms with Gasteiger partial charge in [-0.25, -0.2) is 0 Å². The number of rotatable bonds is 7. The molecule has 0 saturated heterocycles. The van der Waals surface area contributed by atoms with E-state index in [1.165, 1.54) is 0 Å². The van der Waals surface area contributed by atoms with Crippen molar-refractivity contribution in [3.05, 3.63) is 82.0 Å². The fourth-order valence-corrected chi connectivity index (χ4v) is 4.88. The van der Waals surface area contributed by atoms with Gasteiger partial charge in [0.2, 0.25) is 5.91 Å². The molecule has 31 heavy (non-hydrogen) atoms. The number of methoxy groups -OCH3 is 2. The summed E-state index contributed by atoms with van der Waals surface area (Å²) in [7, 11) is 3.19. The van der Waals surface area contributed by atoms with Crippen LogP contribution in [0.25, 0.3) is 0 Å². The van der Waals surface area contributed by atoms with Crippen LogP contribution in [0.2, 0.25) is 0 Å². The topological polar surface area (TPSA) is 67.9 Å². The highest BCUT2D eigenvalue weighted by atomic mass is 32.1. The normalized spacial score (nSPS) is 17.9. The summed E-state index contributed by atoms with van der Waals surface area (Å²) >= 11 is 1.54. The maximum Gasteiger partial charge on any atom is 0.254 e. The highest BCUT2D eigenvalue weighted by Crippen LogP contribution is 2.44. The van der Waals surface area contributed by atoms with E-state index in [2.05, 4.69) is 5.32 Å². The fourth-order valence-electron chi connectivity index (χ4n) is 4.01. The van der Waals surface area contributed by atoms with Gasteiger partial charge in [0.05, 0.1) is 25.7 Å². The Bertz CT molecular complexity index is 1070. The van der Waals surface area contributed by atoms with Gasteiger partial charge in [0.1, 0.15) is 5.75 Å². The van der Waals surface area contributed by atoms with Crippen LogP contribution >= 0.6 is 11.3 Å². The number of nitrogens with zero attached hydrogens (tertiary/aromatic N) is 1. The molecule has 160 valence electrons. The number of hydrogen-bond acceptors (Lipinski definition) is 5. The summed E-state index contributed by atoms with van der Waals surface area (Å²) < 4.78 is 10.5. The van der Waals surface area contributed by atoms with Crippen LogP contribution in [-0.4, -0.2) is 44.1 Å². The van der Waals surface area contributed by atoms with Crippen molar-refractivity contribution in [2.24, 2.45) is 0 Å². The van der Waals surface area contributed by atoms with Gasteiger partial charge in [-0.2, -0.15) is 0 Å². The standard InChI is InChI=1S/C24H24N2O4S/c1-29-13-12-26-22(20-11-6-14-31-20)21(18-9-3-4-10-19(18)24(26)28)23(27)25-16-7-5-8-17(15-16)30-2/h3-11,14-15,21-22H,12-13H2,1-2H3,(H,25,27)/t21-,22+/m0/s1. The van der Waals surface area contributed by atoms with E-state index in [0.717, 1.165) is 10.4 Å². The Morgan fingerprint density at radius 1 is 1.10 bits per heavy atom. The third kappa shape index (κ3) is 4.19. The van der Waals surface area contributed by atoms with Gasteiger partial charge in [0, 0.05) is 35.8 Å². The molecular formula is C24H24N2O4S. The number of thiophene rings is 1. The summed E-state index contributed by atoms with van der Waals surface area (Å²) in [5.74, 6) is -0.158. The molecule has 3 aromatic rings. The lowest BCUT2D eigenvalue weighted by Crippen LogP contribution is -2.47. The second-order valence-corrected chi connectivity index (χ2v) is 8.22. The van der Waals surface area contributed by atoms with Gasteiger partial charge in [-0.1, -0.05) is 30.3 Å². The highest BCUT2D eigenvalue weighted by molar-refractivity contribution is 7.10. The molecular weight excluding hydrogens is 412 g/mol. The lowest BCUT2D eigenvalue weighted by Gasteiger charge is -2.41. The Morgan fingerprint density at radius 2 is 1.94 bits per heavy atom. The molecule has 0 saturated carbocycles. The average Bonchev–Trinajstić information content (AvgIpc) is 3.33. The molecule has 0 spiro atoms. The van der Waals surface area contributed by atoms with E-state index in [0.29, 0.717) is 30.2 Å². The lowest BCUT2D eigenvalue weighted by molar-refractivity contribution is -0.119. The quantitative estimate of drug-likeness (QED) is 0.599. The van der Waals surface area contributed by atoms with E-state index in [9.17, 15) is 9.59 Å². The molecule has 0 fully saturated rings. The van der Waals surface area contributed by atoms with Crippen molar-refractivity contribution in [1.82, 2.24) is 4.90 Å². The number of carbonyl (C=O) groups is 2. The first-order chi connectivity index (χ1) is 15.1. The first-order valence-corrected chi connectivity index (χ1v) is 10.9. The number of nitrogens with one attached hydrogen (secondary N) is 1. The maximum atomic E-state index is 13.6. The minimum Gasteiger partial charge on any atom is -0.497 e. The van der Waals surface area contributed by atoms with Crippen LogP contribution in [0, 0.1) is 0 Å². The molecule has 2 aromatic carbocycles. The minimum atomic E-state index is -0.560. The largest absolute Gasteiger partial charge is 0.497 e. The first kappa shape index (κ1) is 21.1. The third-order valence-electron chi connectivity index (χ3n) is 5.43. The molecule has 4 rings (SSSR count). The van der Waals surface area contributed by atoms with Gasteiger partial charge >= 0.3 is 0 Å². The smallest absolute Gasteiger partial charge is 0.254 e. The Balaban J connectivity index is 1.78. The summed E-state index contributed by atoms with van der Waals surface area (Å²) in [5, 5.41) is 4.99. The molecule has 7 heteroatoms. The van der Waals surface area contributed by atoms with Gasteiger partial charge in [-0.3, -0.25) is 9.59 Å². The molecule has 1 N–H and O–H groups in total. The first-order valence-electron chi connectivity index (χ1n) is 10.0. The van der Waals surface area contributed by atoms with Crippen LogP contribution in [0.3, 0.4) is 0 Å². The van der Waals surface area contributed by atoms with Crippen LogP contribution in [-0.2, 0) is 9.53 Å². The van der Waals surface area contributed by atoms with E-state index in [1.807, 2.05) is 53.9 Å². The van der Waals surface area contributed by atoms with E-state index < -0.39 is 12.0 Å². The number of benzene rings is 2. The fraction of sp³-hybridized carbons (Fsp3) is 0.250. The Labute approximate surface area is 185 Å². The van der Waals surface area contributed by atoms with E-state index >= 15 is 0 Å². The molecule has 0 bridgehead atoms. The number of fused-ring (bicyclic) bond motifs is 1. The van der Waals surface area contributed by atoms with Crippen molar-refractivity contribution in [3.63, 3.8) is 0 Å². The zero-order valence-corrected chi connectivity index (χ0v) is 18.2. The molecule has 0 unspecified atom stereocenters. The zero-order valence-electron chi connectivity index (χ0n) is 17.4. The van der Waals surface area contributed by atoms with Crippen LogP contribution in [0.4, 0.5) is 5.69 Å². The summed E-state index contributed by atoms with van der Waals surface area (Å²) in [6, 6.07) is 18.1. The summed E-state index contributed by atoms with van der Waals surface area (Å²) in [5.41, 5.74) is 1.93. The molecule has 2 amide bonds. The molecule has 0 aliphatic carbocycles. The summed E-state index contributed by atoms with van der Waals surface area (Å²) in [4.78, 5) is 29.7. The highest BCUT2D eigenvalue weighted by Gasteiger charge is 2.44. The molecule has 1 aliphatic rings. The lowest BCUT2D eigenvalue weighted by atomic mass is 9.81. The number of amides is 2. The van der Waals surface area contributed by atoms with Gasteiger partial charge in [-0.05, 0) is 35.2 Å². The van der Waals surface area contributed by atoms with Crippen LogP contribution in [0.15, 0.2) is 66.0 Å². The van der Waals surface area contributed by atoms with Gasteiger partial charge in [0.15, 0.2) is 0 Å². The van der Waals surface area contributed by atoms with Gasteiger partial charge in [0.25, 0.3) is 5.91 Å². The van der Waals surface area contributed by atoms with Gasteiger partial charge in [-0.15, -0.1) is 11.3 Å². The number of anilines is 1. The second kappa shape index (κ2) is 9.32. The SMILES string of the molecule is COCCN1C(=O)c2ccccc2[C@H](C(=O)Nc2cccc(OC)c2)[C@H]1c1cccs1. The van der Waals surface area contributed by atoms with E-state index in [4.69, 9.17) is 9.47 Å². The molecule has 2 heterocycles. The van der Waals surface area contributed by atoms with Crippen LogP contribution < -0.4 is 10.1 Å². The Hall–Kier alpha value is -3.16. The summed E-state index contributed by atoms with van der Waals surface area (Å²) in [6.45, 7) is 0.787. The van der Waals surface area contributed by atoms with Crippen molar-refractivity contribution in [2.75, 3.05) is 32.7 Å². The van der Waals surface area contributed by atoms with Crippen molar-refractivity contribution in [1.29, 1.82) is 0 Å². The monoisotopic (exact) mass is 436 g/mol. The van der Waals surface area contributed by atoms with Crippen molar-refractivity contribution >= 4 is 28.8 Å². The van der Waals surface area contributed by atoms with Crippen molar-refractivity contribution in [3.8, 4) is 5.75 Å². The van der Waals surface area contributed by atoms with Gasteiger partial charge < -0.3 is 19.7 Å². The predicted molar refractivity (Wildman–Crippen MR) is 121 cm³/mol. The molecule has 6 nitrogen and oxygen atoms in total. The summed E-state index contributed by atoms with van der Waals surface area (Å²) in [6.07, 6.45) is 0. The third-order valence-corrected chi connectivity index (χ3v) is 6.37. The number of carbonyl (C=O) groups excluding carboxylic acids is 2. The van der Waals surface area contributed by atoms with E-state index in [-0.39, 0.29) is 11.8 Å². The minimum absolute atomic E-state index is 0.0866. The molecule has 0 radical (unpaired) electrons. The molecule has 1 aromatic heterocycles. The average molecular weight is 437 g/mol. The van der Waals surface area contributed by atoms with Crippen LogP contribution in [0.1, 0.15) is 32.8 Å². The molecule has 2 atom stereocenters. The zero-order chi connectivity index (χ0) is 21.8. The van der Waals surface area contributed by atoms with Crippen molar-refractivity contribution in [2.45, 2.75) is 12.0 Å². The maximum absolute atomic E-state index is 13.6. The number of ether oxygens (including phenoxy) is 2. The predicted octanol–water partition coefficient (Wildman–Crippen LogP) is 4.32. The van der Waals surface area contributed by atoms with Crippen molar-refractivity contribution < 1.29 is 19.1 Å². The van der Waals surface area contributed by atoms with E-state index in [1.54, 1.807) is 42.6 Å².